The summed E-state index contributed by atoms with van der Waals surface area (Å²) in [6.07, 6.45) is 1.46. The maximum absolute atomic E-state index is 12.7. The normalized spacial score (nSPS) is 17.9. The quantitative estimate of drug-likeness (QED) is 0.0773. The van der Waals surface area contributed by atoms with Crippen LogP contribution in [0, 0.1) is 0 Å². The molecule has 29 heavy (non-hydrogen) atoms. The average Bonchev–Trinajstić information content (AvgIpc) is 3.17. The van der Waals surface area contributed by atoms with Crippen molar-refractivity contribution in [3.63, 3.8) is 0 Å². The van der Waals surface area contributed by atoms with Gasteiger partial charge in [0.2, 0.25) is 17.7 Å². The molecule has 1 saturated heterocycles. The predicted octanol–water partition coefficient (Wildman–Crippen LogP) is -3.03. The molecule has 164 valence electrons. The number of nitrogens with two attached hydrogens (primary N) is 3. The van der Waals surface area contributed by atoms with E-state index in [2.05, 4.69) is 28.3 Å². The van der Waals surface area contributed by atoms with Gasteiger partial charge in [0.15, 0.2) is 5.96 Å². The Kier molecular flexibility index (Phi) is 10.2. The van der Waals surface area contributed by atoms with Crippen LogP contribution in [-0.2, 0) is 19.2 Å². The van der Waals surface area contributed by atoms with Crippen LogP contribution < -0.4 is 27.8 Å². The minimum Gasteiger partial charge on any atom is -0.480 e. The van der Waals surface area contributed by atoms with Crippen LogP contribution in [0.3, 0.4) is 0 Å². The third-order valence-electron chi connectivity index (χ3n) is 4.40. The highest BCUT2D eigenvalue weighted by Gasteiger charge is 2.38. The summed E-state index contributed by atoms with van der Waals surface area (Å²) in [7, 11) is 0. The summed E-state index contributed by atoms with van der Waals surface area (Å²) in [4.78, 5) is 53.4. The second kappa shape index (κ2) is 12.1. The number of rotatable bonds is 11. The molecule has 1 rings (SSSR count). The van der Waals surface area contributed by atoms with Gasteiger partial charge in [-0.2, -0.15) is 12.6 Å². The summed E-state index contributed by atoms with van der Waals surface area (Å²) < 4.78 is 0. The summed E-state index contributed by atoms with van der Waals surface area (Å²) in [5, 5.41) is 14.3. The summed E-state index contributed by atoms with van der Waals surface area (Å²) in [5.41, 5.74) is 15.7. The molecule has 0 aromatic heterocycles. The third kappa shape index (κ3) is 7.77. The highest BCUT2D eigenvalue weighted by atomic mass is 32.1. The number of carbonyl (C=O) groups is 4. The first-order valence-corrected chi connectivity index (χ1v) is 9.83. The van der Waals surface area contributed by atoms with Crippen molar-refractivity contribution in [2.24, 2.45) is 22.2 Å². The van der Waals surface area contributed by atoms with Gasteiger partial charge in [-0.3, -0.25) is 19.4 Å². The predicted molar refractivity (Wildman–Crippen MR) is 109 cm³/mol. The summed E-state index contributed by atoms with van der Waals surface area (Å²) >= 11 is 4.08. The zero-order chi connectivity index (χ0) is 22.0. The Labute approximate surface area is 174 Å². The number of nitrogens with one attached hydrogen (secondary N) is 2. The van der Waals surface area contributed by atoms with Crippen molar-refractivity contribution in [2.45, 2.75) is 43.8 Å². The molecule has 3 amide bonds. The Morgan fingerprint density at radius 3 is 2.45 bits per heavy atom. The molecule has 12 nitrogen and oxygen atoms in total. The zero-order valence-electron chi connectivity index (χ0n) is 16.0. The van der Waals surface area contributed by atoms with Crippen LogP contribution in [0.5, 0.6) is 0 Å². The molecule has 1 fully saturated rings. The molecule has 1 heterocycles. The maximum Gasteiger partial charge on any atom is 0.326 e. The number of hydrogen-bond donors (Lipinski definition) is 7. The molecule has 0 radical (unpaired) electrons. The number of likely N-dealkylation sites (tertiary alicyclic amines) is 1. The average molecular weight is 432 g/mol. The minimum absolute atomic E-state index is 0.0396. The molecular formula is C16H29N7O5S. The molecule has 3 atom stereocenters. The molecule has 9 N–H and O–H groups in total. The topological polar surface area (TPSA) is 206 Å². The highest BCUT2D eigenvalue weighted by molar-refractivity contribution is 7.80. The fourth-order valence-corrected chi connectivity index (χ4v) is 3.22. The van der Waals surface area contributed by atoms with Crippen LogP contribution >= 0.6 is 12.6 Å². The van der Waals surface area contributed by atoms with Crippen molar-refractivity contribution in [3.8, 4) is 0 Å². The fourth-order valence-electron chi connectivity index (χ4n) is 2.97. The fraction of sp³-hybridized carbons (Fsp3) is 0.688. The molecule has 3 unspecified atom stereocenters. The number of carboxylic acids is 1. The van der Waals surface area contributed by atoms with E-state index >= 15 is 0 Å². The van der Waals surface area contributed by atoms with E-state index < -0.39 is 41.8 Å². The van der Waals surface area contributed by atoms with E-state index in [1.54, 1.807) is 0 Å². The smallest absolute Gasteiger partial charge is 0.326 e. The van der Waals surface area contributed by atoms with E-state index in [9.17, 15) is 24.3 Å². The van der Waals surface area contributed by atoms with Gasteiger partial charge in [0, 0.05) is 18.8 Å². The number of aliphatic imine (C=N–C) groups is 1. The number of guanidine groups is 1. The summed E-state index contributed by atoms with van der Waals surface area (Å²) in [6, 6.07) is -2.87. The molecular weight excluding hydrogens is 402 g/mol. The van der Waals surface area contributed by atoms with E-state index in [1.807, 2.05) is 0 Å². The number of amides is 3. The van der Waals surface area contributed by atoms with Crippen molar-refractivity contribution < 1.29 is 24.3 Å². The number of nitrogens with zero attached hydrogens (tertiary/aromatic N) is 2. The molecule has 13 heteroatoms. The maximum atomic E-state index is 12.7. The molecule has 0 saturated carbocycles. The number of carboxylic acid groups (broad SMARTS) is 1. The van der Waals surface area contributed by atoms with E-state index in [4.69, 9.17) is 17.2 Å². The van der Waals surface area contributed by atoms with Crippen molar-refractivity contribution in [1.82, 2.24) is 15.5 Å². The van der Waals surface area contributed by atoms with Crippen LogP contribution in [0.25, 0.3) is 0 Å². The third-order valence-corrected chi connectivity index (χ3v) is 4.76. The molecule has 0 bridgehead atoms. The lowest BCUT2D eigenvalue weighted by Crippen LogP contribution is -2.56. The van der Waals surface area contributed by atoms with Gasteiger partial charge >= 0.3 is 5.97 Å². The first-order chi connectivity index (χ1) is 13.7. The number of hydrogen-bond acceptors (Lipinski definition) is 7. The lowest BCUT2D eigenvalue weighted by Gasteiger charge is -2.28. The Morgan fingerprint density at radius 2 is 1.90 bits per heavy atom. The number of carbonyl (C=O) groups excluding carboxylic acids is 3. The standard InChI is InChI=1S/C16H29N7O5S/c17-7-12(24)21-10(8-29)14(26)23-6-2-4-11(23)13(25)22-9(15(27)28)3-1-5-20-16(18)19/h9-11,29H,1-8,17H2,(H,21,24)(H,22,25)(H,27,28)(H4,18,19,20). The van der Waals surface area contributed by atoms with Gasteiger partial charge in [-0.25, -0.2) is 4.79 Å². The van der Waals surface area contributed by atoms with Crippen LogP contribution in [-0.4, -0.2) is 83.2 Å². The Morgan fingerprint density at radius 1 is 1.21 bits per heavy atom. The second-order valence-corrected chi connectivity index (χ2v) is 6.91. The Bertz CT molecular complexity index is 641. The first-order valence-electron chi connectivity index (χ1n) is 9.20. The van der Waals surface area contributed by atoms with Gasteiger partial charge in [0.25, 0.3) is 0 Å². The molecule has 1 aliphatic heterocycles. The Hall–Kier alpha value is -2.54. The summed E-state index contributed by atoms with van der Waals surface area (Å²) in [6.45, 7) is 0.282. The molecule has 0 aromatic rings. The second-order valence-electron chi connectivity index (χ2n) is 6.54. The van der Waals surface area contributed by atoms with Crippen molar-refractivity contribution in [1.29, 1.82) is 0 Å². The van der Waals surface area contributed by atoms with Gasteiger partial charge in [-0.1, -0.05) is 0 Å². The first kappa shape index (κ1) is 24.5. The van der Waals surface area contributed by atoms with Crippen LogP contribution in [0.1, 0.15) is 25.7 Å². The zero-order valence-corrected chi connectivity index (χ0v) is 16.9. The van der Waals surface area contributed by atoms with Gasteiger partial charge in [0.1, 0.15) is 18.1 Å². The largest absolute Gasteiger partial charge is 0.480 e. The molecule has 0 spiro atoms. The number of aliphatic carboxylic acids is 1. The number of thiol groups is 1. The van der Waals surface area contributed by atoms with Crippen molar-refractivity contribution in [2.75, 3.05) is 25.4 Å². The van der Waals surface area contributed by atoms with Crippen LogP contribution in [0.4, 0.5) is 0 Å². The van der Waals surface area contributed by atoms with E-state index in [1.165, 1.54) is 4.90 Å². The molecule has 0 aliphatic carbocycles. The van der Waals surface area contributed by atoms with E-state index in [0.717, 1.165) is 0 Å². The van der Waals surface area contributed by atoms with Gasteiger partial charge in [-0.05, 0) is 25.7 Å². The molecule has 0 aromatic carbocycles. The van der Waals surface area contributed by atoms with Crippen molar-refractivity contribution >= 4 is 42.3 Å². The lowest BCUT2D eigenvalue weighted by molar-refractivity contribution is -0.144. The van der Waals surface area contributed by atoms with Gasteiger partial charge < -0.3 is 37.8 Å². The Balaban J connectivity index is 2.74. The van der Waals surface area contributed by atoms with E-state index in [0.29, 0.717) is 25.8 Å². The monoisotopic (exact) mass is 431 g/mol. The van der Waals surface area contributed by atoms with Crippen LogP contribution in [0.15, 0.2) is 4.99 Å². The summed E-state index contributed by atoms with van der Waals surface area (Å²) in [5.74, 6) is -2.78. The SMILES string of the molecule is NCC(=O)NC(CS)C(=O)N1CCCC1C(=O)NC(CCCN=C(N)N)C(=O)O. The lowest BCUT2D eigenvalue weighted by atomic mass is 10.1. The van der Waals surface area contributed by atoms with Gasteiger partial charge in [0.05, 0.1) is 6.54 Å². The van der Waals surface area contributed by atoms with Crippen LogP contribution in [0.2, 0.25) is 0 Å². The van der Waals surface area contributed by atoms with E-state index in [-0.39, 0.29) is 31.2 Å². The molecule has 1 aliphatic rings. The minimum atomic E-state index is -1.19. The van der Waals surface area contributed by atoms with Gasteiger partial charge in [-0.15, -0.1) is 0 Å². The highest BCUT2D eigenvalue weighted by Crippen LogP contribution is 2.19. The van der Waals surface area contributed by atoms with Crippen molar-refractivity contribution in [3.05, 3.63) is 0 Å².